The zero-order valence-electron chi connectivity index (χ0n) is 9.28. The maximum Gasteiger partial charge on any atom is 0.330 e. The standard InChI is InChI=1S/C10H18N2O3/c1-3-9(13)12-6-5-11-7-8(12)10(14)15-4-2/h8,11H,3-7H2,1-2H3. The first-order valence-corrected chi connectivity index (χ1v) is 5.37. The van der Waals surface area contributed by atoms with Crippen molar-refractivity contribution in [3.05, 3.63) is 0 Å². The topological polar surface area (TPSA) is 58.6 Å². The molecule has 1 heterocycles. The van der Waals surface area contributed by atoms with E-state index in [0.29, 0.717) is 26.1 Å². The second-order valence-electron chi connectivity index (χ2n) is 3.41. The smallest absolute Gasteiger partial charge is 0.330 e. The van der Waals surface area contributed by atoms with Crippen LogP contribution in [0.15, 0.2) is 0 Å². The van der Waals surface area contributed by atoms with Crippen LogP contribution in [0.4, 0.5) is 0 Å². The van der Waals surface area contributed by atoms with Gasteiger partial charge in [-0.25, -0.2) is 4.79 Å². The van der Waals surface area contributed by atoms with E-state index in [2.05, 4.69) is 5.32 Å². The number of amides is 1. The molecule has 1 aliphatic rings. The lowest BCUT2D eigenvalue weighted by Gasteiger charge is -2.34. The number of hydrogen-bond donors (Lipinski definition) is 1. The minimum atomic E-state index is -0.453. The van der Waals surface area contributed by atoms with Crippen molar-refractivity contribution in [2.45, 2.75) is 26.3 Å². The molecule has 86 valence electrons. The fourth-order valence-electron chi connectivity index (χ4n) is 1.65. The molecule has 0 aromatic rings. The monoisotopic (exact) mass is 214 g/mol. The number of hydrogen-bond acceptors (Lipinski definition) is 4. The number of nitrogens with one attached hydrogen (secondary N) is 1. The Hall–Kier alpha value is -1.10. The highest BCUT2D eigenvalue weighted by molar-refractivity contribution is 5.84. The van der Waals surface area contributed by atoms with Crippen LogP contribution in [0.3, 0.4) is 0 Å². The molecule has 1 amide bonds. The van der Waals surface area contributed by atoms with Crippen molar-refractivity contribution in [3.63, 3.8) is 0 Å². The molecule has 0 saturated carbocycles. The lowest BCUT2D eigenvalue weighted by atomic mass is 10.2. The summed E-state index contributed by atoms with van der Waals surface area (Å²) in [6.07, 6.45) is 0.426. The summed E-state index contributed by atoms with van der Waals surface area (Å²) in [6, 6.07) is -0.453. The van der Waals surface area contributed by atoms with Gasteiger partial charge in [0.2, 0.25) is 5.91 Å². The van der Waals surface area contributed by atoms with Crippen LogP contribution in [0.2, 0.25) is 0 Å². The zero-order chi connectivity index (χ0) is 11.3. The van der Waals surface area contributed by atoms with Gasteiger partial charge < -0.3 is 15.0 Å². The normalized spacial score (nSPS) is 21.2. The van der Waals surface area contributed by atoms with Crippen LogP contribution in [0, 0.1) is 0 Å². The largest absolute Gasteiger partial charge is 0.464 e. The SMILES string of the molecule is CCOC(=O)C1CNCCN1C(=O)CC. The van der Waals surface area contributed by atoms with E-state index in [-0.39, 0.29) is 11.9 Å². The van der Waals surface area contributed by atoms with Gasteiger partial charge in [0.25, 0.3) is 0 Å². The number of esters is 1. The number of piperazine rings is 1. The van der Waals surface area contributed by atoms with Crippen molar-refractivity contribution in [1.82, 2.24) is 10.2 Å². The molecule has 15 heavy (non-hydrogen) atoms. The molecule has 5 nitrogen and oxygen atoms in total. The predicted molar refractivity (Wildman–Crippen MR) is 55.3 cm³/mol. The number of carbonyl (C=O) groups excluding carboxylic acids is 2. The van der Waals surface area contributed by atoms with Crippen molar-refractivity contribution in [2.24, 2.45) is 0 Å². The fourth-order valence-corrected chi connectivity index (χ4v) is 1.65. The van der Waals surface area contributed by atoms with E-state index in [1.165, 1.54) is 0 Å². The van der Waals surface area contributed by atoms with Crippen molar-refractivity contribution in [2.75, 3.05) is 26.2 Å². The first kappa shape index (κ1) is 12.0. The third-order valence-electron chi connectivity index (χ3n) is 2.42. The first-order valence-electron chi connectivity index (χ1n) is 5.37. The minimum Gasteiger partial charge on any atom is -0.464 e. The molecule has 1 atom stereocenters. The van der Waals surface area contributed by atoms with Crippen LogP contribution in [0.5, 0.6) is 0 Å². The van der Waals surface area contributed by atoms with E-state index in [4.69, 9.17) is 4.74 Å². The zero-order valence-corrected chi connectivity index (χ0v) is 9.28. The molecule has 1 fully saturated rings. The number of rotatable bonds is 3. The molecule has 0 spiro atoms. The van der Waals surface area contributed by atoms with E-state index >= 15 is 0 Å². The maximum absolute atomic E-state index is 11.6. The molecular weight excluding hydrogens is 196 g/mol. The van der Waals surface area contributed by atoms with Gasteiger partial charge in [-0.15, -0.1) is 0 Å². The molecule has 0 aromatic carbocycles. The molecule has 5 heteroatoms. The number of carbonyl (C=O) groups is 2. The molecule has 1 aliphatic heterocycles. The molecule has 0 radical (unpaired) electrons. The average Bonchev–Trinajstić information content (AvgIpc) is 2.28. The Labute approximate surface area is 89.8 Å². The maximum atomic E-state index is 11.6. The summed E-state index contributed by atoms with van der Waals surface area (Å²) in [6.45, 7) is 5.72. The minimum absolute atomic E-state index is 0.00885. The Morgan fingerprint density at radius 3 is 2.80 bits per heavy atom. The van der Waals surface area contributed by atoms with Crippen LogP contribution in [-0.2, 0) is 14.3 Å². The Kier molecular flexibility index (Phi) is 4.55. The summed E-state index contributed by atoms with van der Waals surface area (Å²) in [5.41, 5.74) is 0. The summed E-state index contributed by atoms with van der Waals surface area (Å²) in [5, 5.41) is 3.09. The van der Waals surface area contributed by atoms with Gasteiger partial charge in [0.05, 0.1) is 6.61 Å². The van der Waals surface area contributed by atoms with Crippen LogP contribution in [0.1, 0.15) is 20.3 Å². The lowest BCUT2D eigenvalue weighted by molar-refractivity contribution is -0.155. The van der Waals surface area contributed by atoms with Gasteiger partial charge in [-0.3, -0.25) is 4.79 Å². The summed E-state index contributed by atoms with van der Waals surface area (Å²) in [4.78, 5) is 24.8. The number of ether oxygens (including phenoxy) is 1. The third kappa shape index (κ3) is 2.92. The molecule has 1 saturated heterocycles. The van der Waals surface area contributed by atoms with Crippen molar-refractivity contribution < 1.29 is 14.3 Å². The summed E-state index contributed by atoms with van der Waals surface area (Å²) >= 11 is 0. The lowest BCUT2D eigenvalue weighted by Crippen LogP contribution is -2.57. The average molecular weight is 214 g/mol. The van der Waals surface area contributed by atoms with E-state index in [0.717, 1.165) is 6.54 Å². The van der Waals surface area contributed by atoms with Crippen LogP contribution in [0.25, 0.3) is 0 Å². The second-order valence-corrected chi connectivity index (χ2v) is 3.41. The summed E-state index contributed by atoms with van der Waals surface area (Å²) < 4.78 is 4.93. The second kappa shape index (κ2) is 5.70. The van der Waals surface area contributed by atoms with Crippen molar-refractivity contribution >= 4 is 11.9 Å². The van der Waals surface area contributed by atoms with Gasteiger partial charge >= 0.3 is 5.97 Å². The van der Waals surface area contributed by atoms with Crippen LogP contribution < -0.4 is 5.32 Å². The van der Waals surface area contributed by atoms with E-state index in [9.17, 15) is 9.59 Å². The van der Waals surface area contributed by atoms with Gasteiger partial charge in [0.1, 0.15) is 6.04 Å². The van der Waals surface area contributed by atoms with Crippen LogP contribution >= 0.6 is 0 Å². The molecule has 1 rings (SSSR count). The molecule has 0 bridgehead atoms. The molecule has 1 N–H and O–H groups in total. The highest BCUT2D eigenvalue weighted by Crippen LogP contribution is 2.07. The first-order chi connectivity index (χ1) is 7.20. The predicted octanol–water partition coefficient (Wildman–Crippen LogP) is -0.240. The molecule has 1 unspecified atom stereocenters. The summed E-state index contributed by atoms with van der Waals surface area (Å²) in [5.74, 6) is -0.305. The van der Waals surface area contributed by atoms with Gasteiger partial charge in [0.15, 0.2) is 0 Å². The van der Waals surface area contributed by atoms with Crippen molar-refractivity contribution in [3.8, 4) is 0 Å². The van der Waals surface area contributed by atoms with Crippen LogP contribution in [-0.4, -0.2) is 49.1 Å². The Morgan fingerprint density at radius 1 is 1.47 bits per heavy atom. The quantitative estimate of drug-likeness (QED) is 0.659. The third-order valence-corrected chi connectivity index (χ3v) is 2.42. The van der Waals surface area contributed by atoms with E-state index in [1.807, 2.05) is 0 Å². The highest BCUT2D eigenvalue weighted by atomic mass is 16.5. The Bertz CT molecular complexity index is 243. The highest BCUT2D eigenvalue weighted by Gasteiger charge is 2.32. The molecule has 0 aliphatic carbocycles. The van der Waals surface area contributed by atoms with Gasteiger partial charge in [-0.2, -0.15) is 0 Å². The van der Waals surface area contributed by atoms with Gasteiger partial charge in [-0.05, 0) is 6.92 Å². The summed E-state index contributed by atoms with van der Waals surface area (Å²) in [7, 11) is 0. The van der Waals surface area contributed by atoms with Gasteiger partial charge in [-0.1, -0.05) is 6.92 Å². The Morgan fingerprint density at radius 2 is 2.20 bits per heavy atom. The van der Waals surface area contributed by atoms with E-state index < -0.39 is 6.04 Å². The Balaban J connectivity index is 2.65. The number of nitrogens with zero attached hydrogens (tertiary/aromatic N) is 1. The van der Waals surface area contributed by atoms with E-state index in [1.54, 1.807) is 18.7 Å². The van der Waals surface area contributed by atoms with Crippen molar-refractivity contribution in [1.29, 1.82) is 0 Å². The van der Waals surface area contributed by atoms with Gasteiger partial charge in [0, 0.05) is 26.1 Å². The fraction of sp³-hybridized carbons (Fsp3) is 0.800. The molecule has 0 aromatic heterocycles. The molecular formula is C10H18N2O3.